The van der Waals surface area contributed by atoms with E-state index in [1.807, 2.05) is 0 Å². The average molecular weight is 299 g/mol. The van der Waals surface area contributed by atoms with E-state index in [2.05, 4.69) is 11.4 Å². The number of carbonyl (C=O) groups excluding carboxylic acids is 2. The van der Waals surface area contributed by atoms with E-state index in [4.69, 9.17) is 5.26 Å². The summed E-state index contributed by atoms with van der Waals surface area (Å²) in [6, 6.07) is 9.31. The number of hydrogen-bond acceptors (Lipinski definition) is 3. The summed E-state index contributed by atoms with van der Waals surface area (Å²) >= 11 is 0. The minimum atomic E-state index is -0.170. The number of nitrogens with one attached hydrogen (secondary N) is 1. The largest absolute Gasteiger partial charge is 0.353 e. The Balaban J connectivity index is 1.99. The van der Waals surface area contributed by atoms with Gasteiger partial charge in [-0.1, -0.05) is 25.0 Å². The maximum Gasteiger partial charge on any atom is 0.223 e. The Bertz CT molecular complexity index is 586. The molecule has 1 N–H and O–H groups in total. The van der Waals surface area contributed by atoms with E-state index in [1.165, 1.54) is 24.7 Å². The Morgan fingerprint density at radius 2 is 2.00 bits per heavy atom. The number of carbonyl (C=O) groups is 2. The fraction of sp³-hybridized carbons (Fsp3) is 0.471. The normalized spacial score (nSPS) is 14.4. The number of anilines is 1. The molecule has 1 aliphatic rings. The first-order valence-corrected chi connectivity index (χ1v) is 7.68. The second-order valence-corrected chi connectivity index (χ2v) is 5.60. The van der Waals surface area contributed by atoms with Crippen LogP contribution in [0.15, 0.2) is 24.3 Å². The number of nitriles is 1. The second kappa shape index (κ2) is 7.60. The van der Waals surface area contributed by atoms with Crippen LogP contribution in [0, 0.1) is 11.3 Å². The lowest BCUT2D eigenvalue weighted by molar-refractivity contribution is -0.121. The van der Waals surface area contributed by atoms with Gasteiger partial charge in [-0.3, -0.25) is 9.59 Å². The molecule has 1 aliphatic carbocycles. The second-order valence-electron chi connectivity index (χ2n) is 5.60. The number of rotatable bonds is 5. The van der Waals surface area contributed by atoms with E-state index >= 15 is 0 Å². The highest BCUT2D eigenvalue weighted by atomic mass is 16.2. The van der Waals surface area contributed by atoms with Gasteiger partial charge in [-0.15, -0.1) is 0 Å². The summed E-state index contributed by atoms with van der Waals surface area (Å²) in [5, 5.41) is 12.2. The van der Waals surface area contributed by atoms with Crippen LogP contribution in [0.4, 0.5) is 5.69 Å². The van der Waals surface area contributed by atoms with Crippen LogP contribution in [0.5, 0.6) is 0 Å². The van der Waals surface area contributed by atoms with Gasteiger partial charge in [0, 0.05) is 25.9 Å². The molecule has 0 aromatic heterocycles. The summed E-state index contributed by atoms with van der Waals surface area (Å²) in [5.41, 5.74) is 1.00. The van der Waals surface area contributed by atoms with Gasteiger partial charge < -0.3 is 10.2 Å². The van der Waals surface area contributed by atoms with Crippen LogP contribution < -0.4 is 10.2 Å². The number of hydrogen-bond donors (Lipinski definition) is 1. The van der Waals surface area contributed by atoms with E-state index in [0.29, 0.717) is 11.3 Å². The first-order valence-electron chi connectivity index (χ1n) is 7.68. The molecule has 0 spiro atoms. The van der Waals surface area contributed by atoms with Crippen LogP contribution in [-0.2, 0) is 9.59 Å². The first-order chi connectivity index (χ1) is 10.6. The molecular weight excluding hydrogens is 278 g/mol. The van der Waals surface area contributed by atoms with E-state index < -0.39 is 0 Å². The molecule has 0 atom stereocenters. The Labute approximate surface area is 130 Å². The van der Waals surface area contributed by atoms with Gasteiger partial charge in [-0.2, -0.15) is 5.26 Å². The van der Waals surface area contributed by atoms with E-state index in [-0.39, 0.29) is 30.8 Å². The Hall–Kier alpha value is -2.35. The summed E-state index contributed by atoms with van der Waals surface area (Å²) in [7, 11) is 0. The molecular formula is C17H21N3O2. The molecule has 0 bridgehead atoms. The Kier molecular flexibility index (Phi) is 5.54. The SMILES string of the molecule is CC(=O)N(CCC(=O)NC1CCCC1)c1ccccc1C#N. The highest BCUT2D eigenvalue weighted by molar-refractivity contribution is 5.93. The third kappa shape index (κ3) is 4.08. The smallest absolute Gasteiger partial charge is 0.223 e. The lowest BCUT2D eigenvalue weighted by atomic mass is 10.1. The van der Waals surface area contributed by atoms with Crippen LogP contribution in [-0.4, -0.2) is 24.4 Å². The van der Waals surface area contributed by atoms with Crippen molar-refractivity contribution >= 4 is 17.5 Å². The first kappa shape index (κ1) is 16.0. The van der Waals surface area contributed by atoms with Gasteiger partial charge in [0.2, 0.25) is 11.8 Å². The maximum atomic E-state index is 12.0. The molecule has 0 heterocycles. The van der Waals surface area contributed by atoms with Crippen LogP contribution in [0.1, 0.15) is 44.6 Å². The lowest BCUT2D eigenvalue weighted by Crippen LogP contribution is -2.37. The molecule has 116 valence electrons. The van der Waals surface area contributed by atoms with Crippen molar-refractivity contribution < 1.29 is 9.59 Å². The zero-order valence-corrected chi connectivity index (χ0v) is 12.8. The quantitative estimate of drug-likeness (QED) is 0.907. The summed E-state index contributed by atoms with van der Waals surface area (Å²) in [4.78, 5) is 25.3. The molecule has 0 unspecified atom stereocenters. The van der Waals surface area contributed by atoms with Gasteiger partial charge >= 0.3 is 0 Å². The van der Waals surface area contributed by atoms with Crippen molar-refractivity contribution in [1.29, 1.82) is 5.26 Å². The molecule has 1 aromatic rings. The topological polar surface area (TPSA) is 73.2 Å². The zero-order chi connectivity index (χ0) is 15.9. The average Bonchev–Trinajstić information content (AvgIpc) is 3.00. The third-order valence-electron chi connectivity index (χ3n) is 3.98. The molecule has 2 amide bonds. The van der Waals surface area contributed by atoms with E-state index in [0.717, 1.165) is 12.8 Å². The van der Waals surface area contributed by atoms with Gasteiger partial charge in [-0.05, 0) is 25.0 Å². The number of amides is 2. The standard InChI is InChI=1S/C17H21N3O2/c1-13(21)20(16-9-5-2-6-14(16)12-18)11-10-17(22)19-15-7-3-4-8-15/h2,5-6,9,15H,3-4,7-8,10-11H2,1H3,(H,19,22). The minimum absolute atomic E-state index is 0.0346. The van der Waals surface area contributed by atoms with Crippen molar-refractivity contribution in [2.24, 2.45) is 0 Å². The van der Waals surface area contributed by atoms with Crippen LogP contribution >= 0.6 is 0 Å². The fourth-order valence-corrected chi connectivity index (χ4v) is 2.83. The van der Waals surface area contributed by atoms with E-state index in [1.54, 1.807) is 24.3 Å². The van der Waals surface area contributed by atoms with Crippen molar-refractivity contribution in [3.8, 4) is 6.07 Å². The molecule has 0 radical (unpaired) electrons. The molecule has 2 rings (SSSR count). The summed E-state index contributed by atoms with van der Waals surface area (Å²) in [6.45, 7) is 1.73. The predicted molar refractivity (Wildman–Crippen MR) is 84.2 cm³/mol. The molecule has 1 aromatic carbocycles. The van der Waals surface area contributed by atoms with Crippen molar-refractivity contribution in [2.75, 3.05) is 11.4 Å². The van der Waals surface area contributed by atoms with Crippen molar-refractivity contribution in [1.82, 2.24) is 5.32 Å². The number of benzene rings is 1. The molecule has 0 aliphatic heterocycles. The van der Waals surface area contributed by atoms with Gasteiger partial charge in [0.15, 0.2) is 0 Å². The minimum Gasteiger partial charge on any atom is -0.353 e. The van der Waals surface area contributed by atoms with Crippen molar-refractivity contribution in [2.45, 2.75) is 45.1 Å². The fourth-order valence-electron chi connectivity index (χ4n) is 2.83. The van der Waals surface area contributed by atoms with Gasteiger partial charge in [0.1, 0.15) is 6.07 Å². The van der Waals surface area contributed by atoms with Gasteiger partial charge in [-0.25, -0.2) is 0 Å². The number of para-hydroxylation sites is 1. The third-order valence-corrected chi connectivity index (χ3v) is 3.98. The molecule has 0 saturated heterocycles. The van der Waals surface area contributed by atoms with E-state index in [9.17, 15) is 9.59 Å². The summed E-state index contributed by atoms with van der Waals surface area (Å²) < 4.78 is 0. The molecule has 5 heteroatoms. The van der Waals surface area contributed by atoms with Gasteiger partial charge in [0.05, 0.1) is 11.3 Å². The zero-order valence-electron chi connectivity index (χ0n) is 12.8. The number of nitrogens with zero attached hydrogens (tertiary/aromatic N) is 2. The Morgan fingerprint density at radius 3 is 2.64 bits per heavy atom. The molecule has 1 fully saturated rings. The van der Waals surface area contributed by atoms with Crippen molar-refractivity contribution in [3.05, 3.63) is 29.8 Å². The highest BCUT2D eigenvalue weighted by Crippen LogP contribution is 2.20. The van der Waals surface area contributed by atoms with Crippen LogP contribution in [0.2, 0.25) is 0 Å². The molecule has 22 heavy (non-hydrogen) atoms. The predicted octanol–water partition coefficient (Wildman–Crippen LogP) is 2.36. The summed E-state index contributed by atoms with van der Waals surface area (Å²) in [6.07, 6.45) is 4.66. The highest BCUT2D eigenvalue weighted by Gasteiger charge is 2.19. The monoisotopic (exact) mass is 299 g/mol. The van der Waals surface area contributed by atoms with Crippen molar-refractivity contribution in [3.63, 3.8) is 0 Å². The summed E-state index contributed by atoms with van der Waals surface area (Å²) in [5.74, 6) is -0.205. The maximum absolute atomic E-state index is 12.0. The van der Waals surface area contributed by atoms with Crippen LogP contribution in [0.3, 0.4) is 0 Å². The van der Waals surface area contributed by atoms with Crippen LogP contribution in [0.25, 0.3) is 0 Å². The molecule has 1 saturated carbocycles. The Morgan fingerprint density at radius 1 is 1.32 bits per heavy atom. The van der Waals surface area contributed by atoms with Gasteiger partial charge in [0.25, 0.3) is 0 Å². The lowest BCUT2D eigenvalue weighted by Gasteiger charge is -2.22. The molecule has 5 nitrogen and oxygen atoms in total.